The maximum atomic E-state index is 10.8. The van der Waals surface area contributed by atoms with Crippen LogP contribution in [0.2, 0.25) is 0 Å². The predicted molar refractivity (Wildman–Crippen MR) is 45.2 cm³/mol. The Morgan fingerprint density at radius 2 is 2.08 bits per heavy atom. The second kappa shape index (κ2) is 2.44. The molecular formula is C7H6N4O2. The summed E-state index contributed by atoms with van der Waals surface area (Å²) >= 11 is 0. The first-order valence-corrected chi connectivity index (χ1v) is 3.54. The first-order valence-electron chi connectivity index (χ1n) is 3.54. The van der Waals surface area contributed by atoms with E-state index in [-0.39, 0.29) is 11.4 Å². The highest BCUT2D eigenvalue weighted by molar-refractivity contribution is 5.93. The number of hydrogen-bond donors (Lipinski definition) is 3. The average molecular weight is 178 g/mol. The van der Waals surface area contributed by atoms with E-state index in [1.54, 1.807) is 0 Å². The molecular weight excluding hydrogens is 172 g/mol. The molecule has 0 radical (unpaired) electrons. The third-order valence-electron chi connectivity index (χ3n) is 1.65. The maximum Gasteiger partial charge on any atom is 0.323 e. The summed E-state index contributed by atoms with van der Waals surface area (Å²) < 4.78 is 0. The molecule has 0 aliphatic carbocycles. The van der Waals surface area contributed by atoms with Gasteiger partial charge < -0.3 is 15.7 Å². The Labute approximate surface area is 71.8 Å². The standard InChI is InChI=1S/C7H6N4O2/c8-6(12)4-1-3-5(2-9-4)11-7(13)10-3/h1-2H,(H2,8,12)(H2,10,11,13). The van der Waals surface area contributed by atoms with Crippen LogP contribution in [0, 0.1) is 0 Å². The quantitative estimate of drug-likeness (QED) is 0.540. The third-order valence-corrected chi connectivity index (χ3v) is 1.65. The molecule has 1 amide bonds. The predicted octanol–water partition coefficient (Wildman–Crippen LogP) is -0.650. The Balaban J connectivity index is 2.74. The molecule has 0 atom stereocenters. The smallest absolute Gasteiger partial charge is 0.323 e. The Hall–Kier alpha value is -2.11. The number of carbonyl (C=O) groups excluding carboxylic acids is 1. The molecule has 13 heavy (non-hydrogen) atoms. The molecule has 0 spiro atoms. The molecule has 0 unspecified atom stereocenters. The number of aromatic nitrogens is 3. The lowest BCUT2D eigenvalue weighted by atomic mass is 10.3. The molecule has 4 N–H and O–H groups in total. The van der Waals surface area contributed by atoms with Crippen LogP contribution in [0.4, 0.5) is 0 Å². The summed E-state index contributed by atoms with van der Waals surface area (Å²) in [6.45, 7) is 0. The van der Waals surface area contributed by atoms with Gasteiger partial charge in [0.05, 0.1) is 17.2 Å². The van der Waals surface area contributed by atoms with Gasteiger partial charge in [-0.15, -0.1) is 0 Å². The number of pyridine rings is 1. The number of aromatic amines is 2. The topological polar surface area (TPSA) is 105 Å². The van der Waals surface area contributed by atoms with Crippen molar-refractivity contribution in [2.45, 2.75) is 0 Å². The van der Waals surface area contributed by atoms with Crippen molar-refractivity contribution >= 4 is 16.9 Å². The highest BCUT2D eigenvalue weighted by Gasteiger charge is 2.04. The number of rotatable bonds is 1. The zero-order valence-corrected chi connectivity index (χ0v) is 6.50. The Kier molecular flexibility index (Phi) is 1.42. The van der Waals surface area contributed by atoms with Crippen LogP contribution >= 0.6 is 0 Å². The van der Waals surface area contributed by atoms with Crippen LogP contribution in [-0.2, 0) is 0 Å². The van der Waals surface area contributed by atoms with E-state index in [4.69, 9.17) is 5.73 Å². The van der Waals surface area contributed by atoms with Gasteiger partial charge in [-0.05, 0) is 6.07 Å². The maximum absolute atomic E-state index is 10.8. The Morgan fingerprint density at radius 3 is 2.77 bits per heavy atom. The van der Waals surface area contributed by atoms with Crippen LogP contribution in [0.5, 0.6) is 0 Å². The lowest BCUT2D eigenvalue weighted by molar-refractivity contribution is 0.0996. The number of amides is 1. The number of H-pyrrole nitrogens is 2. The van der Waals surface area contributed by atoms with Crippen molar-refractivity contribution in [1.82, 2.24) is 15.0 Å². The van der Waals surface area contributed by atoms with Crippen LogP contribution in [0.3, 0.4) is 0 Å². The number of nitrogens with two attached hydrogens (primary N) is 1. The molecule has 2 aromatic rings. The number of fused-ring (bicyclic) bond motifs is 1. The van der Waals surface area contributed by atoms with Gasteiger partial charge in [0.2, 0.25) is 0 Å². The highest BCUT2D eigenvalue weighted by atomic mass is 16.1. The van der Waals surface area contributed by atoms with Crippen LogP contribution in [0.15, 0.2) is 17.1 Å². The molecule has 0 aromatic carbocycles. The fraction of sp³-hybridized carbons (Fsp3) is 0. The van der Waals surface area contributed by atoms with E-state index < -0.39 is 5.91 Å². The van der Waals surface area contributed by atoms with E-state index >= 15 is 0 Å². The number of primary amides is 1. The number of hydrogen-bond acceptors (Lipinski definition) is 3. The first-order chi connectivity index (χ1) is 6.16. The molecule has 0 fully saturated rings. The summed E-state index contributed by atoms with van der Waals surface area (Å²) in [7, 11) is 0. The number of imidazole rings is 1. The van der Waals surface area contributed by atoms with Gasteiger partial charge in [0, 0.05) is 0 Å². The van der Waals surface area contributed by atoms with Crippen LogP contribution in [-0.4, -0.2) is 20.9 Å². The minimum absolute atomic E-state index is 0.128. The number of carbonyl (C=O) groups is 1. The monoisotopic (exact) mass is 178 g/mol. The van der Waals surface area contributed by atoms with E-state index in [0.29, 0.717) is 11.0 Å². The molecule has 2 aromatic heterocycles. The Bertz CT molecular complexity index is 525. The fourth-order valence-electron chi connectivity index (χ4n) is 1.07. The van der Waals surface area contributed by atoms with Crippen LogP contribution in [0.25, 0.3) is 11.0 Å². The fourth-order valence-corrected chi connectivity index (χ4v) is 1.07. The second-order valence-corrected chi connectivity index (χ2v) is 2.56. The molecule has 6 heteroatoms. The minimum atomic E-state index is -0.621. The lowest BCUT2D eigenvalue weighted by Gasteiger charge is -1.92. The Morgan fingerprint density at radius 1 is 1.38 bits per heavy atom. The number of nitrogens with one attached hydrogen (secondary N) is 2. The van der Waals surface area contributed by atoms with E-state index in [1.807, 2.05) is 0 Å². The molecule has 0 saturated heterocycles. The first kappa shape index (κ1) is 7.53. The van der Waals surface area contributed by atoms with Gasteiger partial charge in [-0.3, -0.25) is 4.79 Å². The van der Waals surface area contributed by atoms with Crippen LogP contribution < -0.4 is 11.4 Å². The van der Waals surface area contributed by atoms with Gasteiger partial charge in [-0.25, -0.2) is 9.78 Å². The molecule has 66 valence electrons. The van der Waals surface area contributed by atoms with Gasteiger partial charge in [0.25, 0.3) is 5.91 Å². The van der Waals surface area contributed by atoms with E-state index in [0.717, 1.165) is 0 Å². The molecule has 0 saturated carbocycles. The zero-order chi connectivity index (χ0) is 9.42. The summed E-state index contributed by atoms with van der Waals surface area (Å²) in [6, 6.07) is 1.43. The largest absolute Gasteiger partial charge is 0.364 e. The molecule has 2 rings (SSSR count). The summed E-state index contributed by atoms with van der Waals surface area (Å²) in [5.41, 5.74) is 5.87. The van der Waals surface area contributed by atoms with Gasteiger partial charge in [0.1, 0.15) is 5.69 Å². The highest BCUT2D eigenvalue weighted by Crippen LogP contribution is 2.05. The lowest BCUT2D eigenvalue weighted by Crippen LogP contribution is -2.12. The average Bonchev–Trinajstić information content (AvgIpc) is 2.42. The molecule has 0 bridgehead atoms. The summed E-state index contributed by atoms with van der Waals surface area (Å²) in [4.78, 5) is 30.3. The molecule has 0 aliphatic heterocycles. The van der Waals surface area contributed by atoms with Crippen molar-refractivity contribution in [2.75, 3.05) is 0 Å². The van der Waals surface area contributed by atoms with Crippen LogP contribution in [0.1, 0.15) is 10.5 Å². The molecule has 6 nitrogen and oxygen atoms in total. The second-order valence-electron chi connectivity index (χ2n) is 2.56. The minimum Gasteiger partial charge on any atom is -0.364 e. The van der Waals surface area contributed by atoms with E-state index in [1.165, 1.54) is 12.3 Å². The van der Waals surface area contributed by atoms with E-state index in [9.17, 15) is 9.59 Å². The van der Waals surface area contributed by atoms with Gasteiger partial charge in [0.15, 0.2) is 0 Å². The molecule has 2 heterocycles. The van der Waals surface area contributed by atoms with Crippen molar-refractivity contribution in [2.24, 2.45) is 5.73 Å². The summed E-state index contributed by atoms with van der Waals surface area (Å²) in [5.74, 6) is -0.621. The zero-order valence-electron chi connectivity index (χ0n) is 6.50. The number of nitrogens with zero attached hydrogens (tertiary/aromatic N) is 1. The summed E-state index contributed by atoms with van der Waals surface area (Å²) in [6.07, 6.45) is 1.38. The van der Waals surface area contributed by atoms with Crippen molar-refractivity contribution < 1.29 is 4.79 Å². The van der Waals surface area contributed by atoms with Crippen molar-refractivity contribution in [3.63, 3.8) is 0 Å². The van der Waals surface area contributed by atoms with Crippen molar-refractivity contribution in [3.05, 3.63) is 28.4 Å². The van der Waals surface area contributed by atoms with E-state index in [2.05, 4.69) is 15.0 Å². The normalized spacial score (nSPS) is 10.5. The summed E-state index contributed by atoms with van der Waals surface area (Å²) in [5, 5.41) is 0. The SMILES string of the molecule is NC(=O)c1cc2[nH]c(=O)[nH]c2cn1. The van der Waals surface area contributed by atoms with Gasteiger partial charge in [-0.1, -0.05) is 0 Å². The third kappa shape index (κ3) is 1.18. The van der Waals surface area contributed by atoms with Crippen molar-refractivity contribution in [3.8, 4) is 0 Å². The van der Waals surface area contributed by atoms with Gasteiger partial charge in [-0.2, -0.15) is 0 Å². The molecule has 0 aliphatic rings. The van der Waals surface area contributed by atoms with Crippen molar-refractivity contribution in [1.29, 1.82) is 0 Å². The van der Waals surface area contributed by atoms with Gasteiger partial charge >= 0.3 is 5.69 Å².